The minimum Gasteiger partial charge on any atom is -0.371 e. The first-order valence-corrected chi connectivity index (χ1v) is 8.59. The summed E-state index contributed by atoms with van der Waals surface area (Å²) in [7, 11) is 0. The molecule has 0 aromatic heterocycles. The molecule has 0 saturated carbocycles. The van der Waals surface area contributed by atoms with Crippen LogP contribution in [0.25, 0.3) is 0 Å². The van der Waals surface area contributed by atoms with Gasteiger partial charge in [-0.15, -0.1) is 0 Å². The monoisotopic (exact) mass is 327 g/mol. The van der Waals surface area contributed by atoms with Crippen LogP contribution in [0.15, 0.2) is 18.2 Å². The Labute approximate surface area is 140 Å². The van der Waals surface area contributed by atoms with Gasteiger partial charge in [-0.25, -0.2) is 0 Å². The number of nitrogens with zero attached hydrogens (tertiary/aromatic N) is 2. The molecule has 3 amide bonds. The van der Waals surface area contributed by atoms with Gasteiger partial charge in [-0.05, 0) is 36.5 Å². The average molecular weight is 327 g/mol. The molecule has 2 saturated heterocycles. The highest BCUT2D eigenvalue weighted by molar-refractivity contribution is 6.05. The first-order chi connectivity index (χ1) is 11.6. The number of fused-ring (bicyclic) bond motifs is 1. The number of carbonyl (C=O) groups excluding carboxylic acids is 3. The van der Waals surface area contributed by atoms with E-state index < -0.39 is 6.04 Å². The van der Waals surface area contributed by atoms with Gasteiger partial charge in [0, 0.05) is 37.3 Å². The third kappa shape index (κ3) is 2.37. The van der Waals surface area contributed by atoms with E-state index in [1.54, 1.807) is 4.90 Å². The minimum atomic E-state index is -0.542. The second-order valence-corrected chi connectivity index (χ2v) is 6.92. The van der Waals surface area contributed by atoms with Crippen LogP contribution in [0.3, 0.4) is 0 Å². The van der Waals surface area contributed by atoms with Gasteiger partial charge in [0.15, 0.2) is 0 Å². The Bertz CT molecular complexity index is 724. The standard InChI is InChI=1S/C18H21N3O3/c1-2-11-8-20(9-11)13-4-3-12-10-21(18(24)14(12)7-13)15-5-6-16(22)19-17(15)23/h3-4,7,11,15H,2,5-6,8-10H2,1H3,(H,19,22,23). The molecule has 1 aromatic rings. The summed E-state index contributed by atoms with van der Waals surface area (Å²) in [4.78, 5) is 40.0. The van der Waals surface area contributed by atoms with Crippen LogP contribution >= 0.6 is 0 Å². The number of carbonyl (C=O) groups is 3. The molecule has 6 nitrogen and oxygen atoms in total. The van der Waals surface area contributed by atoms with Crippen molar-refractivity contribution in [1.29, 1.82) is 0 Å². The van der Waals surface area contributed by atoms with Crippen molar-refractivity contribution in [1.82, 2.24) is 10.2 Å². The Hall–Kier alpha value is -2.37. The lowest BCUT2D eigenvalue weighted by molar-refractivity contribution is -0.136. The summed E-state index contributed by atoms with van der Waals surface area (Å²) < 4.78 is 0. The predicted octanol–water partition coefficient (Wildman–Crippen LogP) is 1.29. The third-order valence-electron chi connectivity index (χ3n) is 5.41. The van der Waals surface area contributed by atoms with Crippen molar-refractivity contribution in [3.05, 3.63) is 29.3 Å². The molecule has 6 heteroatoms. The van der Waals surface area contributed by atoms with Gasteiger partial charge in [-0.3, -0.25) is 19.7 Å². The highest BCUT2D eigenvalue weighted by Crippen LogP contribution is 2.33. The van der Waals surface area contributed by atoms with E-state index in [-0.39, 0.29) is 24.1 Å². The summed E-state index contributed by atoms with van der Waals surface area (Å²) in [6.45, 7) is 4.73. The molecule has 3 aliphatic heterocycles. The van der Waals surface area contributed by atoms with Gasteiger partial charge in [-0.1, -0.05) is 13.0 Å². The largest absolute Gasteiger partial charge is 0.371 e. The molecular weight excluding hydrogens is 306 g/mol. The van der Waals surface area contributed by atoms with Crippen molar-refractivity contribution in [3.8, 4) is 0 Å². The zero-order valence-electron chi connectivity index (χ0n) is 13.7. The maximum Gasteiger partial charge on any atom is 0.255 e. The molecule has 1 unspecified atom stereocenters. The normalized spacial score (nSPS) is 24.0. The zero-order chi connectivity index (χ0) is 16.8. The van der Waals surface area contributed by atoms with Crippen LogP contribution < -0.4 is 10.2 Å². The molecule has 0 spiro atoms. The number of hydrogen-bond acceptors (Lipinski definition) is 4. The summed E-state index contributed by atoms with van der Waals surface area (Å²) in [5.41, 5.74) is 2.73. The SMILES string of the molecule is CCC1CN(c2ccc3c(c2)C(=O)N(C2CCC(=O)NC2=O)C3)C1. The highest BCUT2D eigenvalue weighted by Gasteiger charge is 2.39. The van der Waals surface area contributed by atoms with E-state index in [1.807, 2.05) is 12.1 Å². The fourth-order valence-corrected chi connectivity index (χ4v) is 3.78. The summed E-state index contributed by atoms with van der Waals surface area (Å²) >= 11 is 0. The molecule has 126 valence electrons. The molecule has 1 aromatic carbocycles. The van der Waals surface area contributed by atoms with Gasteiger partial charge < -0.3 is 9.80 Å². The van der Waals surface area contributed by atoms with E-state index in [0.29, 0.717) is 18.5 Å². The first kappa shape index (κ1) is 15.2. The van der Waals surface area contributed by atoms with Crippen molar-refractivity contribution in [2.24, 2.45) is 5.92 Å². The number of imide groups is 1. The topological polar surface area (TPSA) is 69.7 Å². The fourth-order valence-electron chi connectivity index (χ4n) is 3.78. The first-order valence-electron chi connectivity index (χ1n) is 8.59. The Morgan fingerprint density at radius 1 is 1.21 bits per heavy atom. The van der Waals surface area contributed by atoms with Crippen molar-refractivity contribution < 1.29 is 14.4 Å². The van der Waals surface area contributed by atoms with Crippen LogP contribution in [0.5, 0.6) is 0 Å². The van der Waals surface area contributed by atoms with Gasteiger partial charge in [0.1, 0.15) is 6.04 Å². The van der Waals surface area contributed by atoms with E-state index in [2.05, 4.69) is 23.2 Å². The van der Waals surface area contributed by atoms with E-state index >= 15 is 0 Å². The molecule has 0 radical (unpaired) electrons. The summed E-state index contributed by atoms with van der Waals surface area (Å²) in [5, 5.41) is 2.33. The number of anilines is 1. The molecule has 4 rings (SSSR count). The quantitative estimate of drug-likeness (QED) is 0.850. The molecule has 2 fully saturated rings. The number of hydrogen-bond donors (Lipinski definition) is 1. The van der Waals surface area contributed by atoms with Crippen LogP contribution in [0, 0.1) is 5.92 Å². The van der Waals surface area contributed by atoms with Crippen molar-refractivity contribution in [2.45, 2.75) is 38.8 Å². The fraction of sp³-hybridized carbons (Fsp3) is 0.500. The number of rotatable bonds is 3. The van der Waals surface area contributed by atoms with E-state index in [0.717, 1.165) is 30.3 Å². The minimum absolute atomic E-state index is 0.103. The van der Waals surface area contributed by atoms with Crippen LogP contribution in [-0.4, -0.2) is 41.8 Å². The molecule has 24 heavy (non-hydrogen) atoms. The molecule has 3 heterocycles. The maximum absolute atomic E-state index is 12.8. The van der Waals surface area contributed by atoms with Gasteiger partial charge in [0.2, 0.25) is 11.8 Å². The summed E-state index contributed by atoms with van der Waals surface area (Å²) in [6.07, 6.45) is 1.87. The maximum atomic E-state index is 12.8. The van der Waals surface area contributed by atoms with Gasteiger partial charge in [0.25, 0.3) is 5.91 Å². The summed E-state index contributed by atoms with van der Waals surface area (Å²) in [5.74, 6) is 0.0231. The second kappa shape index (κ2) is 5.61. The average Bonchev–Trinajstić information content (AvgIpc) is 2.83. The predicted molar refractivity (Wildman–Crippen MR) is 88.5 cm³/mol. The Morgan fingerprint density at radius 3 is 2.71 bits per heavy atom. The van der Waals surface area contributed by atoms with E-state index in [9.17, 15) is 14.4 Å². The molecule has 3 aliphatic rings. The van der Waals surface area contributed by atoms with E-state index in [4.69, 9.17) is 0 Å². The van der Waals surface area contributed by atoms with Crippen LogP contribution in [0.2, 0.25) is 0 Å². The lowest BCUT2D eigenvalue weighted by Gasteiger charge is -2.40. The van der Waals surface area contributed by atoms with Crippen LogP contribution in [0.4, 0.5) is 5.69 Å². The molecule has 0 aliphatic carbocycles. The Morgan fingerprint density at radius 2 is 2.00 bits per heavy atom. The van der Waals surface area contributed by atoms with Crippen molar-refractivity contribution in [3.63, 3.8) is 0 Å². The molecular formula is C18H21N3O3. The van der Waals surface area contributed by atoms with Crippen LogP contribution in [0.1, 0.15) is 42.1 Å². The smallest absolute Gasteiger partial charge is 0.255 e. The number of benzene rings is 1. The third-order valence-corrected chi connectivity index (χ3v) is 5.41. The molecule has 1 N–H and O–H groups in total. The lowest BCUT2D eigenvalue weighted by Crippen LogP contribution is -2.52. The summed E-state index contributed by atoms with van der Waals surface area (Å²) in [6, 6.07) is 5.47. The molecule has 0 bridgehead atoms. The van der Waals surface area contributed by atoms with Gasteiger partial charge >= 0.3 is 0 Å². The molecule has 1 atom stereocenters. The van der Waals surface area contributed by atoms with Gasteiger partial charge in [-0.2, -0.15) is 0 Å². The van der Waals surface area contributed by atoms with Crippen molar-refractivity contribution in [2.75, 3.05) is 18.0 Å². The lowest BCUT2D eigenvalue weighted by atomic mass is 9.96. The Balaban J connectivity index is 1.53. The second-order valence-electron chi connectivity index (χ2n) is 6.92. The zero-order valence-corrected chi connectivity index (χ0v) is 13.7. The van der Waals surface area contributed by atoms with E-state index in [1.165, 1.54) is 6.42 Å². The number of piperidine rings is 1. The van der Waals surface area contributed by atoms with Crippen LogP contribution in [-0.2, 0) is 16.1 Å². The highest BCUT2D eigenvalue weighted by atomic mass is 16.2. The van der Waals surface area contributed by atoms with Crippen molar-refractivity contribution >= 4 is 23.4 Å². The van der Waals surface area contributed by atoms with Gasteiger partial charge in [0.05, 0.1) is 0 Å². The number of nitrogens with one attached hydrogen (secondary N) is 1. The Kier molecular flexibility index (Phi) is 3.55. The number of amides is 3.